The van der Waals surface area contributed by atoms with Crippen LogP contribution in [0.15, 0.2) is 41.0 Å². The van der Waals surface area contributed by atoms with E-state index in [2.05, 4.69) is 9.88 Å². The molecule has 0 radical (unpaired) electrons. The highest BCUT2D eigenvalue weighted by Crippen LogP contribution is 2.22. The van der Waals surface area contributed by atoms with Crippen LogP contribution in [0.1, 0.15) is 12.1 Å². The number of aromatic nitrogens is 1. The molecular weight excluding hydrogens is 268 g/mol. The second-order valence-electron chi connectivity index (χ2n) is 5.25. The summed E-state index contributed by atoms with van der Waals surface area (Å²) in [5.74, 6) is 0.493. The van der Waals surface area contributed by atoms with E-state index in [9.17, 15) is 4.79 Å². The molecule has 5 nitrogen and oxygen atoms in total. The number of carbonyl (C=O) groups excluding carboxylic acids is 1. The van der Waals surface area contributed by atoms with E-state index >= 15 is 0 Å². The Hall–Kier alpha value is -2.14. The zero-order valence-electron chi connectivity index (χ0n) is 12.0. The lowest BCUT2D eigenvalue weighted by Crippen LogP contribution is -2.23. The molecule has 0 amide bonds. The van der Waals surface area contributed by atoms with Gasteiger partial charge in [-0.1, -0.05) is 18.2 Å². The second-order valence-corrected chi connectivity index (χ2v) is 5.25. The smallest absolute Gasteiger partial charge is 0.310 e. The van der Waals surface area contributed by atoms with Crippen LogP contribution in [0, 0.1) is 5.92 Å². The fourth-order valence-electron chi connectivity index (χ4n) is 2.66. The van der Waals surface area contributed by atoms with E-state index in [0.717, 1.165) is 30.8 Å². The van der Waals surface area contributed by atoms with Gasteiger partial charge in [0.2, 0.25) is 5.89 Å². The molecule has 1 unspecified atom stereocenters. The van der Waals surface area contributed by atoms with E-state index in [1.54, 1.807) is 6.26 Å². The van der Waals surface area contributed by atoms with Crippen LogP contribution in [0.4, 0.5) is 0 Å². The molecular formula is C16H18N2O3. The number of oxazole rings is 1. The fourth-order valence-corrected chi connectivity index (χ4v) is 2.66. The normalized spacial score (nSPS) is 18.8. The van der Waals surface area contributed by atoms with Crippen molar-refractivity contribution in [3.05, 3.63) is 42.3 Å². The molecule has 1 aliphatic heterocycles. The maximum absolute atomic E-state index is 11.5. The number of rotatable bonds is 4. The Morgan fingerprint density at radius 3 is 3.00 bits per heavy atom. The predicted octanol–water partition coefficient (Wildman–Crippen LogP) is 2.34. The molecule has 110 valence electrons. The number of likely N-dealkylation sites (tertiary alicyclic amines) is 1. The Balaban J connectivity index is 1.62. The van der Waals surface area contributed by atoms with Crippen molar-refractivity contribution in [1.29, 1.82) is 0 Å². The molecule has 2 heterocycles. The number of hydrogen-bond acceptors (Lipinski definition) is 5. The number of esters is 1. The first-order valence-electron chi connectivity index (χ1n) is 7.06. The van der Waals surface area contributed by atoms with Crippen LogP contribution in [-0.4, -0.2) is 36.1 Å². The highest BCUT2D eigenvalue weighted by atomic mass is 16.5. The maximum Gasteiger partial charge on any atom is 0.310 e. The van der Waals surface area contributed by atoms with Crippen molar-refractivity contribution in [2.45, 2.75) is 13.0 Å². The molecule has 5 heteroatoms. The number of ether oxygens (including phenoxy) is 1. The minimum atomic E-state index is -0.123. The van der Waals surface area contributed by atoms with Gasteiger partial charge in [0.15, 0.2) is 0 Å². The first kappa shape index (κ1) is 13.8. The highest BCUT2D eigenvalue weighted by molar-refractivity contribution is 5.72. The van der Waals surface area contributed by atoms with E-state index in [-0.39, 0.29) is 11.9 Å². The van der Waals surface area contributed by atoms with Crippen molar-refractivity contribution in [2.75, 3.05) is 20.2 Å². The lowest BCUT2D eigenvalue weighted by Gasteiger charge is -2.13. The van der Waals surface area contributed by atoms with Crippen molar-refractivity contribution in [2.24, 2.45) is 5.92 Å². The zero-order chi connectivity index (χ0) is 14.7. The highest BCUT2D eigenvalue weighted by Gasteiger charge is 2.29. The van der Waals surface area contributed by atoms with Gasteiger partial charge < -0.3 is 9.15 Å². The quantitative estimate of drug-likeness (QED) is 0.807. The Kier molecular flexibility index (Phi) is 4.01. The first-order valence-corrected chi connectivity index (χ1v) is 7.06. The molecule has 0 saturated carbocycles. The number of methoxy groups -OCH3 is 1. The lowest BCUT2D eigenvalue weighted by molar-refractivity contribution is -0.144. The van der Waals surface area contributed by atoms with E-state index in [4.69, 9.17) is 9.15 Å². The summed E-state index contributed by atoms with van der Waals surface area (Å²) in [6.45, 7) is 2.30. The van der Waals surface area contributed by atoms with Gasteiger partial charge in [0, 0.05) is 18.7 Å². The van der Waals surface area contributed by atoms with E-state index in [1.165, 1.54) is 7.11 Å². The fraction of sp³-hybridized carbons (Fsp3) is 0.375. The molecule has 1 aromatic carbocycles. The Morgan fingerprint density at radius 1 is 1.43 bits per heavy atom. The van der Waals surface area contributed by atoms with Crippen LogP contribution in [-0.2, 0) is 16.1 Å². The van der Waals surface area contributed by atoms with Crippen LogP contribution >= 0.6 is 0 Å². The van der Waals surface area contributed by atoms with E-state index in [0.29, 0.717) is 12.4 Å². The van der Waals surface area contributed by atoms with Gasteiger partial charge in [0.1, 0.15) is 6.26 Å². The Labute approximate surface area is 123 Å². The van der Waals surface area contributed by atoms with Crippen molar-refractivity contribution < 1.29 is 13.9 Å². The number of nitrogens with zero attached hydrogens (tertiary/aromatic N) is 2. The molecule has 0 bridgehead atoms. The van der Waals surface area contributed by atoms with E-state index in [1.807, 2.05) is 30.3 Å². The van der Waals surface area contributed by atoms with Crippen molar-refractivity contribution >= 4 is 5.97 Å². The van der Waals surface area contributed by atoms with Crippen molar-refractivity contribution in [1.82, 2.24) is 9.88 Å². The molecule has 1 saturated heterocycles. The summed E-state index contributed by atoms with van der Waals surface area (Å²) in [6.07, 6.45) is 2.53. The molecule has 1 aromatic heterocycles. The summed E-state index contributed by atoms with van der Waals surface area (Å²) in [5.41, 5.74) is 1.86. The first-order chi connectivity index (χ1) is 10.3. The average Bonchev–Trinajstić information content (AvgIpc) is 3.17. The maximum atomic E-state index is 11.5. The topological polar surface area (TPSA) is 55.6 Å². The van der Waals surface area contributed by atoms with Crippen LogP contribution in [0.25, 0.3) is 11.5 Å². The average molecular weight is 286 g/mol. The minimum absolute atomic E-state index is 0.0181. The van der Waals surface area contributed by atoms with Gasteiger partial charge in [-0.05, 0) is 25.1 Å². The summed E-state index contributed by atoms with van der Waals surface area (Å²) in [6, 6.07) is 9.82. The predicted molar refractivity (Wildman–Crippen MR) is 77.3 cm³/mol. The van der Waals surface area contributed by atoms with Crippen LogP contribution in [0.3, 0.4) is 0 Å². The molecule has 1 fully saturated rings. The van der Waals surface area contributed by atoms with Gasteiger partial charge in [0.05, 0.1) is 18.7 Å². The number of hydrogen-bond donors (Lipinski definition) is 0. The minimum Gasteiger partial charge on any atom is -0.469 e. The van der Waals surface area contributed by atoms with Gasteiger partial charge in [-0.2, -0.15) is 0 Å². The molecule has 1 atom stereocenters. The summed E-state index contributed by atoms with van der Waals surface area (Å²) < 4.78 is 10.3. The molecule has 0 spiro atoms. The van der Waals surface area contributed by atoms with Crippen molar-refractivity contribution in [3.8, 4) is 11.5 Å². The van der Waals surface area contributed by atoms with E-state index < -0.39 is 0 Å². The van der Waals surface area contributed by atoms with Crippen molar-refractivity contribution in [3.63, 3.8) is 0 Å². The third-order valence-electron chi connectivity index (χ3n) is 3.76. The monoisotopic (exact) mass is 286 g/mol. The van der Waals surface area contributed by atoms with Gasteiger partial charge in [-0.25, -0.2) is 4.98 Å². The van der Waals surface area contributed by atoms with Crippen LogP contribution in [0.5, 0.6) is 0 Å². The summed E-state index contributed by atoms with van der Waals surface area (Å²) in [7, 11) is 1.44. The number of carbonyl (C=O) groups is 1. The molecule has 21 heavy (non-hydrogen) atoms. The van der Waals surface area contributed by atoms with Gasteiger partial charge in [0.25, 0.3) is 0 Å². The van der Waals surface area contributed by atoms with Crippen LogP contribution in [0.2, 0.25) is 0 Å². The third kappa shape index (κ3) is 3.13. The lowest BCUT2D eigenvalue weighted by atomic mass is 10.1. The Bertz CT molecular complexity index is 609. The Morgan fingerprint density at radius 2 is 2.24 bits per heavy atom. The van der Waals surface area contributed by atoms with Gasteiger partial charge in [-0.15, -0.1) is 0 Å². The molecule has 0 aliphatic carbocycles. The molecule has 1 aliphatic rings. The summed E-state index contributed by atoms with van der Waals surface area (Å²) in [4.78, 5) is 18.2. The van der Waals surface area contributed by atoms with Gasteiger partial charge >= 0.3 is 5.97 Å². The standard InChI is InChI=1S/C16H18N2O3/c1-20-16(19)13-7-8-18(9-13)10-14-11-21-15(17-14)12-5-3-2-4-6-12/h2-6,11,13H,7-10H2,1H3. The molecule has 3 rings (SSSR count). The second kappa shape index (κ2) is 6.10. The summed E-state index contributed by atoms with van der Waals surface area (Å²) >= 11 is 0. The molecule has 2 aromatic rings. The SMILES string of the molecule is COC(=O)C1CCN(Cc2coc(-c3ccccc3)n2)C1. The third-order valence-corrected chi connectivity index (χ3v) is 3.76. The zero-order valence-corrected chi connectivity index (χ0v) is 12.0. The number of benzene rings is 1. The summed E-state index contributed by atoms with van der Waals surface area (Å²) in [5, 5.41) is 0. The molecule has 0 N–H and O–H groups in total. The van der Waals surface area contributed by atoms with Gasteiger partial charge in [-0.3, -0.25) is 9.69 Å². The van der Waals surface area contributed by atoms with Crippen LogP contribution < -0.4 is 0 Å². The largest absolute Gasteiger partial charge is 0.469 e.